The van der Waals surface area contributed by atoms with Crippen LogP contribution in [0.25, 0.3) is 11.4 Å². The van der Waals surface area contributed by atoms with Gasteiger partial charge in [0.15, 0.2) is 0 Å². The third-order valence-corrected chi connectivity index (χ3v) is 5.34. The second-order valence-corrected chi connectivity index (χ2v) is 7.57. The third kappa shape index (κ3) is 4.71. The number of hydrogen-bond donors (Lipinski definition) is 1. The maximum absolute atomic E-state index is 13.7. The zero-order valence-electron chi connectivity index (χ0n) is 19.3. The molecule has 178 valence electrons. The standard InChI is InChI=1S/C26H23N3O6/c1-3-34-25(32)16-11-18-21(27-13-16)22-19(12-17(14-28-22)26(33)35-4-2)24(31)23(18)29-20-8-6-5-7-15(20)9-10-30/h5-8,11-14,30H,3-4,9-10H2,1-2H3. The predicted molar refractivity (Wildman–Crippen MR) is 127 cm³/mol. The van der Waals surface area contributed by atoms with Crippen molar-refractivity contribution in [3.05, 3.63) is 76.6 Å². The van der Waals surface area contributed by atoms with Gasteiger partial charge in [-0.15, -0.1) is 0 Å². The molecule has 2 heterocycles. The van der Waals surface area contributed by atoms with Crippen molar-refractivity contribution in [3.8, 4) is 11.4 Å². The Morgan fingerprint density at radius 3 is 2.09 bits per heavy atom. The first-order valence-electron chi connectivity index (χ1n) is 11.2. The van der Waals surface area contributed by atoms with Gasteiger partial charge < -0.3 is 14.6 Å². The maximum Gasteiger partial charge on any atom is 0.339 e. The van der Waals surface area contributed by atoms with Crippen LogP contribution in [0.3, 0.4) is 0 Å². The molecule has 4 rings (SSSR count). The lowest BCUT2D eigenvalue weighted by Crippen LogP contribution is -2.25. The largest absolute Gasteiger partial charge is 0.462 e. The molecule has 0 unspecified atom stereocenters. The number of benzene rings is 1. The molecule has 0 aliphatic heterocycles. The maximum atomic E-state index is 13.7. The van der Waals surface area contributed by atoms with Gasteiger partial charge in [-0.2, -0.15) is 0 Å². The number of hydrogen-bond acceptors (Lipinski definition) is 9. The number of Topliss-reactive ketones (excluding diaryl/α,β-unsaturated/α-hetero) is 1. The molecule has 0 radical (unpaired) electrons. The molecule has 0 atom stereocenters. The zero-order valence-corrected chi connectivity index (χ0v) is 19.3. The number of esters is 2. The second-order valence-electron chi connectivity index (χ2n) is 7.57. The Labute approximate surface area is 201 Å². The number of ether oxygens (including phenoxy) is 2. The van der Waals surface area contributed by atoms with E-state index in [0.717, 1.165) is 5.56 Å². The lowest BCUT2D eigenvalue weighted by atomic mass is 9.88. The summed E-state index contributed by atoms with van der Waals surface area (Å²) in [6.45, 7) is 3.66. The highest BCUT2D eigenvalue weighted by Crippen LogP contribution is 2.33. The molecule has 1 N–H and O–H groups in total. The van der Waals surface area contributed by atoms with Crippen molar-refractivity contribution in [2.75, 3.05) is 19.8 Å². The average Bonchev–Trinajstić information content (AvgIpc) is 2.87. The average molecular weight is 473 g/mol. The van der Waals surface area contributed by atoms with Gasteiger partial charge in [0.1, 0.15) is 11.4 Å². The van der Waals surface area contributed by atoms with Gasteiger partial charge in [0, 0.05) is 24.6 Å². The number of carbonyl (C=O) groups is 3. The summed E-state index contributed by atoms with van der Waals surface area (Å²) in [5.74, 6) is -1.65. The molecule has 35 heavy (non-hydrogen) atoms. The Morgan fingerprint density at radius 2 is 1.49 bits per heavy atom. The van der Waals surface area contributed by atoms with Crippen molar-refractivity contribution in [2.24, 2.45) is 4.99 Å². The minimum absolute atomic E-state index is 0.0411. The Morgan fingerprint density at radius 1 is 0.914 bits per heavy atom. The number of fused-ring (bicyclic) bond motifs is 3. The van der Waals surface area contributed by atoms with E-state index >= 15 is 0 Å². The number of aliphatic hydroxyl groups excluding tert-OH is 1. The summed E-state index contributed by atoms with van der Waals surface area (Å²) in [5.41, 5.74) is 2.68. The van der Waals surface area contributed by atoms with E-state index in [1.54, 1.807) is 26.0 Å². The van der Waals surface area contributed by atoms with Crippen molar-refractivity contribution in [1.82, 2.24) is 9.97 Å². The fourth-order valence-electron chi connectivity index (χ4n) is 3.75. The number of aromatic nitrogens is 2. The van der Waals surface area contributed by atoms with Crippen LogP contribution in [0.1, 0.15) is 56.0 Å². The molecule has 1 aliphatic carbocycles. The molecular weight excluding hydrogens is 450 g/mol. The van der Waals surface area contributed by atoms with E-state index in [4.69, 9.17) is 9.47 Å². The number of aliphatic hydroxyl groups is 1. The van der Waals surface area contributed by atoms with Gasteiger partial charge in [-0.05, 0) is 44.0 Å². The van der Waals surface area contributed by atoms with E-state index in [2.05, 4.69) is 15.0 Å². The topological polar surface area (TPSA) is 128 Å². The fourth-order valence-corrected chi connectivity index (χ4v) is 3.75. The van der Waals surface area contributed by atoms with Crippen LogP contribution in [-0.4, -0.2) is 58.3 Å². The molecule has 0 amide bonds. The van der Waals surface area contributed by atoms with E-state index in [-0.39, 0.29) is 47.9 Å². The van der Waals surface area contributed by atoms with Crippen molar-refractivity contribution in [1.29, 1.82) is 0 Å². The SMILES string of the molecule is CCOC(=O)c1cnc2c(c1)C(=O)C(=Nc1ccccc1CCO)c1cc(C(=O)OCC)cnc1-2. The van der Waals surface area contributed by atoms with Gasteiger partial charge in [0.25, 0.3) is 0 Å². The summed E-state index contributed by atoms with van der Waals surface area (Å²) in [4.78, 5) is 51.7. The molecule has 9 nitrogen and oxygen atoms in total. The van der Waals surface area contributed by atoms with E-state index in [9.17, 15) is 19.5 Å². The summed E-state index contributed by atoms with van der Waals surface area (Å²) in [5, 5.41) is 9.44. The predicted octanol–water partition coefficient (Wildman–Crippen LogP) is 3.35. The highest BCUT2D eigenvalue weighted by Gasteiger charge is 2.33. The Hall–Kier alpha value is -4.24. The molecule has 0 bridgehead atoms. The number of nitrogens with zero attached hydrogens (tertiary/aromatic N) is 3. The number of carbonyl (C=O) groups excluding carboxylic acids is 3. The van der Waals surface area contributed by atoms with Crippen LogP contribution >= 0.6 is 0 Å². The minimum atomic E-state index is -0.598. The van der Waals surface area contributed by atoms with Gasteiger partial charge in [0.05, 0.1) is 41.3 Å². The number of ketones is 1. The normalized spacial score (nSPS) is 13.2. The minimum Gasteiger partial charge on any atom is -0.462 e. The summed E-state index contributed by atoms with van der Waals surface area (Å²) in [7, 11) is 0. The zero-order chi connectivity index (χ0) is 24.9. The van der Waals surface area contributed by atoms with Crippen molar-refractivity contribution in [2.45, 2.75) is 20.3 Å². The van der Waals surface area contributed by atoms with Crippen LogP contribution in [0.5, 0.6) is 0 Å². The molecule has 0 saturated carbocycles. The molecule has 1 aromatic carbocycles. The molecule has 0 spiro atoms. The number of rotatable bonds is 7. The molecule has 9 heteroatoms. The van der Waals surface area contributed by atoms with Crippen molar-refractivity contribution >= 4 is 29.1 Å². The third-order valence-electron chi connectivity index (χ3n) is 5.34. The molecule has 0 saturated heterocycles. The molecule has 0 fully saturated rings. The van der Waals surface area contributed by atoms with Crippen molar-refractivity contribution < 1.29 is 29.0 Å². The first-order valence-corrected chi connectivity index (χ1v) is 11.2. The Balaban J connectivity index is 1.93. The van der Waals surface area contributed by atoms with Gasteiger partial charge in [-0.1, -0.05) is 18.2 Å². The van der Waals surface area contributed by atoms with Gasteiger partial charge in [-0.3, -0.25) is 14.8 Å². The van der Waals surface area contributed by atoms with E-state index < -0.39 is 17.7 Å². The summed E-state index contributed by atoms with van der Waals surface area (Å²) in [6.07, 6.45) is 3.03. The number of aliphatic imine (C=N–C) groups is 1. The van der Waals surface area contributed by atoms with Crippen LogP contribution in [0, 0.1) is 0 Å². The first-order chi connectivity index (χ1) is 17.0. The highest BCUT2D eigenvalue weighted by molar-refractivity contribution is 6.55. The second kappa shape index (κ2) is 10.4. The lowest BCUT2D eigenvalue weighted by Gasteiger charge is -2.20. The fraction of sp³-hybridized carbons (Fsp3) is 0.231. The van der Waals surface area contributed by atoms with E-state index in [0.29, 0.717) is 23.4 Å². The van der Waals surface area contributed by atoms with Gasteiger partial charge in [-0.25, -0.2) is 14.6 Å². The highest BCUT2D eigenvalue weighted by atomic mass is 16.5. The lowest BCUT2D eigenvalue weighted by molar-refractivity contribution is 0.0516. The van der Waals surface area contributed by atoms with Crippen LogP contribution in [0.2, 0.25) is 0 Å². The van der Waals surface area contributed by atoms with Crippen LogP contribution in [-0.2, 0) is 15.9 Å². The van der Waals surface area contributed by atoms with Crippen LogP contribution < -0.4 is 0 Å². The molecular formula is C26H23N3O6. The number of para-hydroxylation sites is 1. The van der Waals surface area contributed by atoms with Crippen molar-refractivity contribution in [3.63, 3.8) is 0 Å². The van der Waals surface area contributed by atoms with Crippen LogP contribution in [0.4, 0.5) is 5.69 Å². The Kier molecular flexibility index (Phi) is 7.07. The molecule has 3 aromatic rings. The summed E-state index contributed by atoms with van der Waals surface area (Å²) >= 11 is 0. The van der Waals surface area contributed by atoms with E-state index in [1.807, 2.05) is 12.1 Å². The monoisotopic (exact) mass is 473 g/mol. The Bertz CT molecular complexity index is 1350. The summed E-state index contributed by atoms with van der Waals surface area (Å²) in [6, 6.07) is 10.1. The molecule has 1 aliphatic rings. The number of pyridine rings is 2. The molecule has 2 aromatic heterocycles. The smallest absolute Gasteiger partial charge is 0.339 e. The van der Waals surface area contributed by atoms with Crippen LogP contribution in [0.15, 0.2) is 53.8 Å². The quantitative estimate of drug-likeness (QED) is 0.518. The summed E-state index contributed by atoms with van der Waals surface area (Å²) < 4.78 is 10.1. The van der Waals surface area contributed by atoms with E-state index in [1.165, 1.54) is 24.5 Å². The van der Waals surface area contributed by atoms with Gasteiger partial charge in [0.2, 0.25) is 5.78 Å². The van der Waals surface area contributed by atoms with Gasteiger partial charge >= 0.3 is 11.9 Å². The first kappa shape index (κ1) is 23.9.